The van der Waals surface area contributed by atoms with Gasteiger partial charge in [-0.15, -0.1) is 18.6 Å². The first-order valence-electron chi connectivity index (χ1n) is 20.7. The van der Waals surface area contributed by atoms with Crippen LogP contribution in [0.4, 0.5) is 0 Å². The highest BCUT2D eigenvalue weighted by atomic mass is 14.7. The fourth-order valence-electron chi connectivity index (χ4n) is 14.0. The Balaban J connectivity index is 1.29. The molecule has 0 aliphatic heterocycles. The molecule has 7 aliphatic rings. The SMILES string of the molecule is [B]/C(=C/C(C)C1CCC2C3C(C=CCC13)C1C(C3C=CCCC3)C3=C(CCC([C@@H]4CCCC(C=C)C4)C3)C(C(C=C)CC)C21)CCC. The number of hydrogen-bond donors (Lipinski definition) is 0. The molecule has 0 aromatic rings. The van der Waals surface area contributed by atoms with Crippen molar-refractivity contribution in [3.05, 3.63) is 72.3 Å². The predicted molar refractivity (Wildman–Crippen MR) is 203 cm³/mol. The fraction of sp³-hybridized carbons (Fsp3) is 0.739. The zero-order valence-electron chi connectivity index (χ0n) is 30.5. The molecule has 0 N–H and O–H groups in total. The highest BCUT2D eigenvalue weighted by molar-refractivity contribution is 6.21. The van der Waals surface area contributed by atoms with Crippen LogP contribution < -0.4 is 0 Å². The standard InChI is InChI=1S/C46H67B/c1-6-15-35(47)26-29(5)36-24-25-40-44-37(36)20-14-21-39(44)45-43(32-17-11-10-12-18-32)41-28-34(33-19-13-16-30(7-2)27-33)22-23-38(41)42(46(40)45)31(8-3)9-4/h7-8,11,14,17,21,26,29-34,36-37,39-40,42-46H,2-3,6,9-10,12-13,15-16,18-20,22-25,27-28H2,1,4-5H3/b35-26+/t29?,30?,31?,32?,33-,34?,36?,37?,39?,40?,42?,43?,44?,45?,46?/m1/s1. The fourth-order valence-corrected chi connectivity index (χ4v) is 14.0. The zero-order chi connectivity index (χ0) is 32.7. The van der Waals surface area contributed by atoms with Crippen molar-refractivity contribution >= 4 is 7.85 Å². The van der Waals surface area contributed by atoms with Crippen molar-refractivity contribution < 1.29 is 0 Å². The largest absolute Gasteiger partial charge is 0.121 e. The molecule has 2 radical (unpaired) electrons. The van der Waals surface area contributed by atoms with Crippen molar-refractivity contribution in [2.24, 2.45) is 88.8 Å². The predicted octanol–water partition coefficient (Wildman–Crippen LogP) is 12.5. The van der Waals surface area contributed by atoms with Crippen LogP contribution in [0.25, 0.3) is 0 Å². The molecule has 47 heavy (non-hydrogen) atoms. The van der Waals surface area contributed by atoms with Gasteiger partial charge in [-0.05, 0) is 172 Å². The lowest BCUT2D eigenvalue weighted by Crippen LogP contribution is -2.45. The third-order valence-corrected chi connectivity index (χ3v) is 15.7. The summed E-state index contributed by atoms with van der Waals surface area (Å²) in [5.74, 6) is 11.8. The highest BCUT2D eigenvalue weighted by Crippen LogP contribution is 2.70. The lowest BCUT2D eigenvalue weighted by atomic mass is 9.51. The number of allylic oxidation sites excluding steroid dienone is 10. The average molecular weight is 631 g/mol. The highest BCUT2D eigenvalue weighted by Gasteiger charge is 2.63. The molecule has 254 valence electrons. The summed E-state index contributed by atoms with van der Waals surface area (Å²) in [6, 6.07) is 0. The Hall–Kier alpha value is -1.50. The van der Waals surface area contributed by atoms with Crippen LogP contribution in [0.5, 0.6) is 0 Å². The summed E-state index contributed by atoms with van der Waals surface area (Å²) < 4.78 is 0. The first-order valence-corrected chi connectivity index (χ1v) is 20.7. The van der Waals surface area contributed by atoms with Crippen LogP contribution >= 0.6 is 0 Å². The quantitative estimate of drug-likeness (QED) is 0.166. The van der Waals surface area contributed by atoms with Crippen LogP contribution in [0.1, 0.15) is 124 Å². The van der Waals surface area contributed by atoms with Gasteiger partial charge in [0.25, 0.3) is 0 Å². The first kappa shape index (κ1) is 34.0. The summed E-state index contributed by atoms with van der Waals surface area (Å²) >= 11 is 0. The van der Waals surface area contributed by atoms with Crippen molar-refractivity contribution in [3.8, 4) is 0 Å². The lowest BCUT2D eigenvalue weighted by molar-refractivity contribution is 0.0407. The molecule has 3 fully saturated rings. The second-order valence-electron chi connectivity index (χ2n) is 17.8. The molecular weight excluding hydrogens is 563 g/mol. The molecule has 0 aromatic carbocycles. The van der Waals surface area contributed by atoms with E-state index in [0.29, 0.717) is 11.8 Å². The molecule has 0 nitrogen and oxygen atoms in total. The van der Waals surface area contributed by atoms with E-state index in [1.165, 1.54) is 89.9 Å². The minimum atomic E-state index is 0.591. The Bertz CT molecular complexity index is 1250. The van der Waals surface area contributed by atoms with Gasteiger partial charge in [0.1, 0.15) is 7.85 Å². The summed E-state index contributed by atoms with van der Waals surface area (Å²) in [7, 11) is 6.57. The van der Waals surface area contributed by atoms with Gasteiger partial charge in [0, 0.05) is 0 Å². The minimum absolute atomic E-state index is 0.591. The van der Waals surface area contributed by atoms with Gasteiger partial charge in [0.05, 0.1) is 0 Å². The molecule has 0 spiro atoms. The first-order chi connectivity index (χ1) is 23.0. The Morgan fingerprint density at radius 1 is 0.915 bits per heavy atom. The third kappa shape index (κ3) is 6.24. The summed E-state index contributed by atoms with van der Waals surface area (Å²) in [4.78, 5) is 0. The van der Waals surface area contributed by atoms with Gasteiger partial charge in [0.2, 0.25) is 0 Å². The number of fused-ring (bicyclic) bond motifs is 3. The minimum Gasteiger partial charge on any atom is -0.121 e. The molecular formula is C46H67B. The van der Waals surface area contributed by atoms with Crippen molar-refractivity contribution in [2.75, 3.05) is 0 Å². The summed E-state index contributed by atoms with van der Waals surface area (Å²) in [5.41, 5.74) is 5.11. The van der Waals surface area contributed by atoms with E-state index in [1.54, 1.807) is 0 Å². The topological polar surface area (TPSA) is 0 Å². The van der Waals surface area contributed by atoms with Gasteiger partial charge in [0.15, 0.2) is 0 Å². The second kappa shape index (κ2) is 14.8. The zero-order valence-corrected chi connectivity index (χ0v) is 30.5. The molecule has 0 amide bonds. The van der Waals surface area contributed by atoms with Gasteiger partial charge in [-0.3, -0.25) is 0 Å². The van der Waals surface area contributed by atoms with E-state index in [9.17, 15) is 0 Å². The molecule has 0 aromatic heterocycles. The molecule has 3 saturated carbocycles. The normalized spacial score (nSPS) is 44.2. The van der Waals surface area contributed by atoms with Crippen LogP contribution in [0.2, 0.25) is 0 Å². The average Bonchev–Trinajstić information content (AvgIpc) is 3.43. The second-order valence-corrected chi connectivity index (χ2v) is 17.8. The van der Waals surface area contributed by atoms with E-state index in [-0.39, 0.29) is 0 Å². The maximum atomic E-state index is 6.57. The Kier molecular flexibility index (Phi) is 10.7. The van der Waals surface area contributed by atoms with Crippen LogP contribution in [-0.2, 0) is 0 Å². The summed E-state index contributed by atoms with van der Waals surface area (Å²) in [5, 5.41) is 0. The molecule has 0 saturated heterocycles. The van der Waals surface area contributed by atoms with Crippen LogP contribution in [-0.4, -0.2) is 7.85 Å². The Morgan fingerprint density at radius 3 is 2.53 bits per heavy atom. The van der Waals surface area contributed by atoms with Crippen molar-refractivity contribution in [3.63, 3.8) is 0 Å². The van der Waals surface area contributed by atoms with Crippen LogP contribution in [0, 0.1) is 88.8 Å². The van der Waals surface area contributed by atoms with Crippen LogP contribution in [0.3, 0.4) is 0 Å². The lowest BCUT2D eigenvalue weighted by Gasteiger charge is -2.53. The third-order valence-electron chi connectivity index (χ3n) is 15.7. The van der Waals surface area contributed by atoms with Crippen molar-refractivity contribution in [2.45, 2.75) is 124 Å². The van der Waals surface area contributed by atoms with E-state index in [0.717, 1.165) is 95.2 Å². The number of hydrogen-bond acceptors (Lipinski definition) is 0. The van der Waals surface area contributed by atoms with E-state index < -0.39 is 0 Å². The van der Waals surface area contributed by atoms with E-state index in [2.05, 4.69) is 76.5 Å². The molecule has 0 heterocycles. The van der Waals surface area contributed by atoms with Crippen molar-refractivity contribution in [1.29, 1.82) is 0 Å². The molecule has 7 aliphatic carbocycles. The van der Waals surface area contributed by atoms with Gasteiger partial charge < -0.3 is 0 Å². The molecule has 14 unspecified atom stereocenters. The Morgan fingerprint density at radius 2 is 1.79 bits per heavy atom. The summed E-state index contributed by atoms with van der Waals surface area (Å²) in [6.45, 7) is 16.0. The molecule has 0 bridgehead atoms. The number of rotatable bonds is 10. The summed E-state index contributed by atoms with van der Waals surface area (Å²) in [6.07, 6.45) is 39.5. The monoisotopic (exact) mass is 631 g/mol. The van der Waals surface area contributed by atoms with E-state index in [1.807, 2.05) is 11.1 Å². The Labute approximate surface area is 291 Å². The van der Waals surface area contributed by atoms with Crippen LogP contribution in [0.15, 0.2) is 72.3 Å². The smallest absolute Gasteiger partial charge is 0.107 e. The maximum absolute atomic E-state index is 6.57. The molecule has 7 rings (SSSR count). The van der Waals surface area contributed by atoms with E-state index >= 15 is 0 Å². The van der Waals surface area contributed by atoms with Crippen molar-refractivity contribution in [1.82, 2.24) is 0 Å². The van der Waals surface area contributed by atoms with Gasteiger partial charge in [-0.25, -0.2) is 0 Å². The van der Waals surface area contributed by atoms with E-state index in [4.69, 9.17) is 7.85 Å². The molecule has 15 atom stereocenters. The molecule has 1 heteroatoms. The van der Waals surface area contributed by atoms with Gasteiger partial charge in [-0.1, -0.05) is 93.7 Å². The van der Waals surface area contributed by atoms with Gasteiger partial charge in [-0.2, -0.15) is 0 Å². The van der Waals surface area contributed by atoms with Gasteiger partial charge >= 0.3 is 0 Å². The maximum Gasteiger partial charge on any atom is 0.107 e.